The van der Waals surface area contributed by atoms with Gasteiger partial charge in [-0.25, -0.2) is 9.59 Å². The molecule has 7 heteroatoms. The van der Waals surface area contributed by atoms with E-state index in [9.17, 15) is 19.5 Å². The summed E-state index contributed by atoms with van der Waals surface area (Å²) in [6, 6.07) is 7.47. The number of nitrogens with zero attached hydrogens (tertiary/aromatic N) is 1. The van der Waals surface area contributed by atoms with Gasteiger partial charge in [0.2, 0.25) is 5.91 Å². The molecule has 1 aromatic rings. The van der Waals surface area contributed by atoms with Crippen LogP contribution >= 0.6 is 0 Å². The number of amides is 3. The van der Waals surface area contributed by atoms with Crippen LogP contribution in [0.4, 0.5) is 4.79 Å². The maximum absolute atomic E-state index is 13.4. The molecule has 1 aliphatic heterocycles. The number of carbonyl (C=O) groups is 3. The Hall–Kier alpha value is -2.83. The number of hydrogen-bond acceptors (Lipinski definition) is 3. The molecule has 6 aliphatic rings. The van der Waals surface area contributed by atoms with Crippen molar-refractivity contribution in [2.45, 2.75) is 117 Å². The topological polar surface area (TPSA) is 98.7 Å². The number of allylic oxidation sites excluding steroid dienone is 2. The fourth-order valence-corrected chi connectivity index (χ4v) is 12.9. The van der Waals surface area contributed by atoms with E-state index in [2.05, 4.69) is 44.4 Å². The van der Waals surface area contributed by atoms with E-state index in [0.29, 0.717) is 54.7 Å². The number of fused-ring (bicyclic) bond motifs is 7. The van der Waals surface area contributed by atoms with Crippen LogP contribution in [0.1, 0.15) is 127 Å². The van der Waals surface area contributed by atoms with Gasteiger partial charge in [0.25, 0.3) is 0 Å². The molecule has 1 saturated heterocycles. The number of carbonyl (C=O) groups excluding carboxylic acids is 2. The minimum Gasteiger partial charge on any atom is -0.478 e. The zero-order valence-corrected chi connectivity index (χ0v) is 29.2. The van der Waals surface area contributed by atoms with Crippen molar-refractivity contribution in [2.75, 3.05) is 19.6 Å². The molecule has 47 heavy (non-hydrogen) atoms. The Kier molecular flexibility index (Phi) is 8.31. The zero-order valence-electron chi connectivity index (χ0n) is 29.2. The van der Waals surface area contributed by atoms with Gasteiger partial charge in [0, 0.05) is 31.6 Å². The third kappa shape index (κ3) is 5.15. The van der Waals surface area contributed by atoms with Gasteiger partial charge in [-0.2, -0.15) is 0 Å². The van der Waals surface area contributed by atoms with E-state index in [4.69, 9.17) is 0 Å². The first-order valence-electron chi connectivity index (χ1n) is 18.8. The van der Waals surface area contributed by atoms with Crippen molar-refractivity contribution >= 4 is 23.5 Å². The molecule has 5 aliphatic carbocycles. The lowest BCUT2D eigenvalue weighted by Crippen LogP contribution is -2.67. The van der Waals surface area contributed by atoms with Crippen LogP contribution in [0.2, 0.25) is 0 Å². The van der Waals surface area contributed by atoms with Gasteiger partial charge in [0.1, 0.15) is 0 Å². The van der Waals surface area contributed by atoms with Crippen LogP contribution in [0.25, 0.3) is 5.57 Å². The van der Waals surface area contributed by atoms with Crippen molar-refractivity contribution in [3.8, 4) is 0 Å². The van der Waals surface area contributed by atoms with Crippen LogP contribution in [0.3, 0.4) is 0 Å². The van der Waals surface area contributed by atoms with Gasteiger partial charge in [0.05, 0.1) is 5.56 Å². The molecule has 8 unspecified atom stereocenters. The molecule has 4 saturated carbocycles. The summed E-state index contributed by atoms with van der Waals surface area (Å²) >= 11 is 0. The van der Waals surface area contributed by atoms with Crippen LogP contribution in [0.5, 0.6) is 0 Å². The first-order chi connectivity index (χ1) is 22.4. The van der Waals surface area contributed by atoms with Crippen molar-refractivity contribution in [1.82, 2.24) is 15.5 Å². The third-order valence-corrected chi connectivity index (χ3v) is 15.5. The largest absolute Gasteiger partial charge is 0.478 e. The van der Waals surface area contributed by atoms with Gasteiger partial charge in [-0.05, 0) is 140 Å². The number of urea groups is 1. The molecule has 0 aromatic heterocycles. The minimum atomic E-state index is -0.871. The number of nitrogens with one attached hydrogen (secondary N) is 2. The van der Waals surface area contributed by atoms with E-state index in [1.54, 1.807) is 12.1 Å². The number of carboxylic acid groups (broad SMARTS) is 1. The lowest BCUT2D eigenvalue weighted by molar-refractivity contribution is -0.210. The molecule has 7 nitrogen and oxygen atoms in total. The number of piperidine rings is 1. The van der Waals surface area contributed by atoms with Crippen LogP contribution in [0, 0.1) is 45.8 Å². The summed E-state index contributed by atoms with van der Waals surface area (Å²) in [7, 11) is 0. The number of aromatic carboxylic acids is 1. The van der Waals surface area contributed by atoms with Crippen LogP contribution in [0.15, 0.2) is 30.3 Å². The first-order valence-corrected chi connectivity index (χ1v) is 18.8. The maximum atomic E-state index is 13.4. The highest BCUT2D eigenvalue weighted by Crippen LogP contribution is 2.75. The van der Waals surface area contributed by atoms with Crippen molar-refractivity contribution in [3.63, 3.8) is 0 Å². The van der Waals surface area contributed by atoms with Gasteiger partial charge >= 0.3 is 12.0 Å². The normalized spacial score (nSPS) is 41.1. The molecule has 3 N–H and O–H groups in total. The highest BCUT2D eigenvalue weighted by Gasteiger charge is 2.68. The smallest absolute Gasteiger partial charge is 0.335 e. The molecule has 5 fully saturated rings. The predicted molar refractivity (Wildman–Crippen MR) is 185 cm³/mol. The SMILES string of the molecule is CC1C(c2ccc(C(=O)O)cc2)=CCC2(C)C1CCC1(C)C2CCC2C3CCCC3(NC(=O)NCCN3CCCCC3=O)CC[C@]21C. The monoisotopic (exact) mass is 643 g/mol. The fourth-order valence-electron chi connectivity index (χ4n) is 12.9. The average Bonchev–Trinajstić information content (AvgIpc) is 3.46. The van der Waals surface area contributed by atoms with E-state index in [1.807, 2.05) is 17.0 Å². The quantitative estimate of drug-likeness (QED) is 0.293. The molecule has 0 bridgehead atoms. The second kappa shape index (κ2) is 11.9. The maximum Gasteiger partial charge on any atom is 0.335 e. The van der Waals surface area contributed by atoms with Crippen molar-refractivity contribution in [1.29, 1.82) is 0 Å². The summed E-state index contributed by atoms with van der Waals surface area (Å²) in [5.74, 6) is 2.26. The lowest BCUT2D eigenvalue weighted by Gasteiger charge is -2.71. The van der Waals surface area contributed by atoms with Gasteiger partial charge in [-0.1, -0.05) is 52.3 Å². The Morgan fingerprint density at radius 1 is 0.894 bits per heavy atom. The van der Waals surface area contributed by atoms with E-state index in [1.165, 1.54) is 56.1 Å². The highest BCUT2D eigenvalue weighted by molar-refractivity contribution is 5.88. The molecule has 3 amide bonds. The number of carboxylic acids is 1. The lowest BCUT2D eigenvalue weighted by atomic mass is 9.34. The Labute approximate surface area is 281 Å². The summed E-state index contributed by atoms with van der Waals surface area (Å²) in [6.45, 7) is 12.3. The minimum absolute atomic E-state index is 0.0470. The Balaban J connectivity index is 1.06. The van der Waals surface area contributed by atoms with Crippen molar-refractivity contribution < 1.29 is 19.5 Å². The van der Waals surface area contributed by atoms with Crippen LogP contribution in [-0.4, -0.2) is 53.1 Å². The summed E-state index contributed by atoms with van der Waals surface area (Å²) in [4.78, 5) is 38.9. The predicted octanol–water partition coefficient (Wildman–Crippen LogP) is 7.91. The molecule has 0 spiro atoms. The van der Waals surface area contributed by atoms with E-state index in [-0.39, 0.29) is 33.7 Å². The standard InChI is InChI=1S/C40H57N3O4/c1-26-29(27-10-12-28(13-11-27)35(45)46)16-19-37(2)30(26)17-20-39(4)33(37)15-14-31-32-8-7-18-40(32,22-21-38(31,39)3)42-36(47)41-23-25-43-24-6-5-9-34(43)44/h10-13,16,26,30-33H,5-9,14-15,17-25H2,1-4H3,(H,45,46)(H2,41,42,47)/t26?,30?,31?,32?,33?,37?,38-,39?,40?/m1/s1. The van der Waals surface area contributed by atoms with E-state index >= 15 is 0 Å². The molecule has 256 valence electrons. The Morgan fingerprint density at radius 2 is 1.68 bits per heavy atom. The molecule has 0 radical (unpaired) electrons. The second-order valence-corrected chi connectivity index (χ2v) is 17.1. The molecular weight excluding hydrogens is 586 g/mol. The summed E-state index contributed by atoms with van der Waals surface area (Å²) < 4.78 is 0. The number of benzene rings is 1. The van der Waals surface area contributed by atoms with Gasteiger partial charge in [-0.3, -0.25) is 4.79 Å². The Bertz CT molecular complexity index is 1440. The molecule has 1 aromatic carbocycles. The summed E-state index contributed by atoms with van der Waals surface area (Å²) in [5.41, 5.74) is 3.60. The third-order valence-electron chi connectivity index (χ3n) is 15.5. The molecular formula is C40H57N3O4. The molecule has 7 rings (SSSR count). The van der Waals surface area contributed by atoms with E-state index < -0.39 is 5.97 Å². The van der Waals surface area contributed by atoms with Crippen molar-refractivity contribution in [2.24, 2.45) is 45.8 Å². The van der Waals surface area contributed by atoms with E-state index in [0.717, 1.165) is 38.6 Å². The summed E-state index contributed by atoms with van der Waals surface area (Å²) in [5, 5.41) is 16.1. The second-order valence-electron chi connectivity index (χ2n) is 17.1. The number of likely N-dealkylation sites (tertiary alicyclic amines) is 1. The number of rotatable bonds is 6. The van der Waals surface area contributed by atoms with Crippen molar-refractivity contribution in [3.05, 3.63) is 41.5 Å². The van der Waals surface area contributed by atoms with Gasteiger partial charge in [-0.15, -0.1) is 0 Å². The zero-order chi connectivity index (χ0) is 33.2. The molecule has 1 heterocycles. The highest BCUT2D eigenvalue weighted by atomic mass is 16.4. The molecule has 9 atom stereocenters. The van der Waals surface area contributed by atoms with Gasteiger partial charge in [0.15, 0.2) is 0 Å². The average molecular weight is 644 g/mol. The fraction of sp³-hybridized carbons (Fsp3) is 0.725. The Morgan fingerprint density at radius 3 is 2.43 bits per heavy atom. The van der Waals surface area contributed by atoms with Crippen LogP contribution in [-0.2, 0) is 4.79 Å². The van der Waals surface area contributed by atoms with Gasteiger partial charge < -0.3 is 20.6 Å². The number of hydrogen-bond donors (Lipinski definition) is 3. The van der Waals surface area contributed by atoms with Crippen LogP contribution < -0.4 is 10.6 Å². The summed E-state index contributed by atoms with van der Waals surface area (Å²) in [6.07, 6.45) is 17.1. The first kappa shape index (κ1) is 32.7.